The molecule has 0 aromatic heterocycles. The standard InChI is InChI=1S/C20H25N3O2/c1-15-11-16(2)13-17(12-15)21-20(25)14-22-7-9-23(10-8-22)18-5-3-4-6-19(18)24/h3-6,11-13,24H,7-10,14H2,1-2H3,(H,21,25)/p+1. The molecule has 1 amide bonds. The Morgan fingerprint density at radius 3 is 2.40 bits per heavy atom. The van der Waals surface area contributed by atoms with Crippen LogP contribution >= 0.6 is 0 Å². The molecule has 0 spiro atoms. The second-order valence-electron chi connectivity index (χ2n) is 6.83. The lowest BCUT2D eigenvalue weighted by atomic mass is 10.1. The van der Waals surface area contributed by atoms with Gasteiger partial charge in [0.2, 0.25) is 0 Å². The SMILES string of the molecule is Cc1cc(C)cc(NC(=O)C[NH+]2CCN(c3ccccc3O)CC2)c1. The van der Waals surface area contributed by atoms with Gasteiger partial charge in [-0.3, -0.25) is 4.79 Å². The van der Waals surface area contributed by atoms with Gasteiger partial charge >= 0.3 is 0 Å². The molecule has 0 unspecified atom stereocenters. The van der Waals surface area contributed by atoms with E-state index in [1.165, 1.54) is 4.90 Å². The van der Waals surface area contributed by atoms with Crippen LogP contribution in [-0.2, 0) is 4.79 Å². The second-order valence-corrected chi connectivity index (χ2v) is 6.83. The van der Waals surface area contributed by atoms with Crippen LogP contribution in [0.15, 0.2) is 42.5 Å². The first kappa shape index (κ1) is 17.3. The zero-order valence-corrected chi connectivity index (χ0v) is 14.9. The lowest BCUT2D eigenvalue weighted by Crippen LogP contribution is -3.15. The molecule has 2 aromatic carbocycles. The minimum Gasteiger partial charge on any atom is -0.506 e. The van der Waals surface area contributed by atoms with Crippen molar-refractivity contribution in [2.45, 2.75) is 13.8 Å². The van der Waals surface area contributed by atoms with Crippen molar-refractivity contribution in [2.24, 2.45) is 0 Å². The fourth-order valence-electron chi connectivity index (χ4n) is 3.45. The van der Waals surface area contributed by atoms with Gasteiger partial charge in [0.1, 0.15) is 5.75 Å². The van der Waals surface area contributed by atoms with Crippen molar-refractivity contribution in [3.8, 4) is 5.75 Å². The Morgan fingerprint density at radius 1 is 1.12 bits per heavy atom. The van der Waals surface area contributed by atoms with E-state index in [4.69, 9.17) is 0 Å². The minimum absolute atomic E-state index is 0.0519. The second kappa shape index (κ2) is 7.57. The van der Waals surface area contributed by atoms with Gasteiger partial charge in [-0.25, -0.2) is 0 Å². The maximum atomic E-state index is 12.3. The number of rotatable bonds is 4. The number of amides is 1. The summed E-state index contributed by atoms with van der Waals surface area (Å²) in [5, 5.41) is 13.0. The number of nitrogens with one attached hydrogen (secondary N) is 2. The zero-order chi connectivity index (χ0) is 17.8. The lowest BCUT2D eigenvalue weighted by Gasteiger charge is -2.33. The molecule has 1 aliphatic rings. The molecule has 0 bridgehead atoms. The fourth-order valence-corrected chi connectivity index (χ4v) is 3.45. The Hall–Kier alpha value is -2.53. The number of piperazine rings is 1. The maximum absolute atomic E-state index is 12.3. The molecule has 0 atom stereocenters. The number of anilines is 2. The van der Waals surface area contributed by atoms with Crippen LogP contribution in [0.5, 0.6) is 5.75 Å². The third-order valence-electron chi connectivity index (χ3n) is 4.61. The highest BCUT2D eigenvalue weighted by atomic mass is 16.3. The largest absolute Gasteiger partial charge is 0.506 e. The number of hydrogen-bond donors (Lipinski definition) is 3. The van der Waals surface area contributed by atoms with Crippen LogP contribution in [0.25, 0.3) is 0 Å². The quantitative estimate of drug-likeness (QED) is 0.788. The van der Waals surface area contributed by atoms with E-state index in [1.807, 2.05) is 44.2 Å². The molecule has 132 valence electrons. The molecule has 1 saturated heterocycles. The Balaban J connectivity index is 1.52. The number of carbonyl (C=O) groups is 1. The average molecular weight is 340 g/mol. The fraction of sp³-hybridized carbons (Fsp3) is 0.350. The maximum Gasteiger partial charge on any atom is 0.279 e. The van der Waals surface area contributed by atoms with E-state index in [0.717, 1.165) is 48.7 Å². The van der Waals surface area contributed by atoms with Gasteiger partial charge in [-0.1, -0.05) is 18.2 Å². The number of hydrogen-bond acceptors (Lipinski definition) is 3. The van der Waals surface area contributed by atoms with E-state index in [9.17, 15) is 9.90 Å². The van der Waals surface area contributed by atoms with E-state index in [1.54, 1.807) is 6.07 Å². The molecule has 25 heavy (non-hydrogen) atoms. The van der Waals surface area contributed by atoms with Gasteiger partial charge in [0.25, 0.3) is 5.91 Å². The summed E-state index contributed by atoms with van der Waals surface area (Å²) in [6.07, 6.45) is 0. The summed E-state index contributed by atoms with van der Waals surface area (Å²) in [4.78, 5) is 15.8. The summed E-state index contributed by atoms with van der Waals surface area (Å²) in [6, 6.07) is 13.5. The van der Waals surface area contributed by atoms with Gasteiger partial charge in [-0.05, 0) is 49.2 Å². The summed E-state index contributed by atoms with van der Waals surface area (Å²) in [7, 11) is 0. The molecule has 1 fully saturated rings. The minimum atomic E-state index is 0.0519. The number of nitrogens with zero attached hydrogens (tertiary/aromatic N) is 1. The Morgan fingerprint density at radius 2 is 1.76 bits per heavy atom. The zero-order valence-electron chi connectivity index (χ0n) is 14.9. The van der Waals surface area contributed by atoms with Crippen molar-refractivity contribution in [1.29, 1.82) is 0 Å². The smallest absolute Gasteiger partial charge is 0.279 e. The van der Waals surface area contributed by atoms with Crippen LogP contribution in [0.4, 0.5) is 11.4 Å². The van der Waals surface area contributed by atoms with E-state index < -0.39 is 0 Å². The highest BCUT2D eigenvalue weighted by Crippen LogP contribution is 2.25. The highest BCUT2D eigenvalue weighted by Gasteiger charge is 2.23. The van der Waals surface area contributed by atoms with E-state index in [-0.39, 0.29) is 5.91 Å². The molecule has 1 heterocycles. The van der Waals surface area contributed by atoms with Gasteiger partial charge < -0.3 is 20.2 Å². The summed E-state index contributed by atoms with van der Waals surface area (Å²) < 4.78 is 0. The van der Waals surface area contributed by atoms with E-state index >= 15 is 0 Å². The van der Waals surface area contributed by atoms with Crippen molar-refractivity contribution in [3.63, 3.8) is 0 Å². The first-order valence-electron chi connectivity index (χ1n) is 8.76. The topological polar surface area (TPSA) is 57.0 Å². The third kappa shape index (κ3) is 4.51. The monoisotopic (exact) mass is 340 g/mol. The van der Waals surface area contributed by atoms with Crippen LogP contribution in [0, 0.1) is 13.8 Å². The van der Waals surface area contributed by atoms with Gasteiger partial charge in [-0.2, -0.15) is 0 Å². The molecular formula is C20H26N3O2+. The van der Waals surface area contributed by atoms with Crippen molar-refractivity contribution in [2.75, 3.05) is 42.9 Å². The number of phenols is 1. The van der Waals surface area contributed by atoms with E-state index in [2.05, 4.69) is 16.3 Å². The van der Waals surface area contributed by atoms with Crippen LogP contribution in [0.2, 0.25) is 0 Å². The van der Waals surface area contributed by atoms with Crippen LogP contribution in [-0.4, -0.2) is 43.7 Å². The molecule has 0 radical (unpaired) electrons. The average Bonchev–Trinajstić information content (AvgIpc) is 2.55. The number of para-hydroxylation sites is 2. The third-order valence-corrected chi connectivity index (χ3v) is 4.61. The highest BCUT2D eigenvalue weighted by molar-refractivity contribution is 5.91. The first-order chi connectivity index (χ1) is 12.0. The van der Waals surface area contributed by atoms with Gasteiger partial charge in [0.15, 0.2) is 6.54 Å². The molecule has 5 nitrogen and oxygen atoms in total. The molecule has 0 aliphatic carbocycles. The summed E-state index contributed by atoms with van der Waals surface area (Å²) in [5.74, 6) is 0.370. The van der Waals surface area contributed by atoms with Crippen molar-refractivity contribution >= 4 is 17.3 Å². The Bertz CT molecular complexity index is 732. The number of benzene rings is 2. The summed E-state index contributed by atoms with van der Waals surface area (Å²) in [5.41, 5.74) is 4.05. The molecule has 3 rings (SSSR count). The predicted molar refractivity (Wildman–Crippen MR) is 100 cm³/mol. The van der Waals surface area contributed by atoms with Crippen LogP contribution < -0.4 is 15.1 Å². The lowest BCUT2D eigenvalue weighted by molar-refractivity contribution is -0.892. The summed E-state index contributed by atoms with van der Waals surface area (Å²) >= 11 is 0. The van der Waals surface area contributed by atoms with Crippen molar-refractivity contribution < 1.29 is 14.8 Å². The Labute approximate surface area is 148 Å². The molecule has 5 heteroatoms. The number of aromatic hydroxyl groups is 1. The molecule has 3 N–H and O–H groups in total. The Kier molecular flexibility index (Phi) is 5.24. The van der Waals surface area contributed by atoms with Crippen molar-refractivity contribution in [1.82, 2.24) is 0 Å². The molecular weight excluding hydrogens is 314 g/mol. The van der Waals surface area contributed by atoms with Gasteiger partial charge in [0.05, 0.1) is 31.9 Å². The number of carbonyl (C=O) groups excluding carboxylic acids is 1. The number of quaternary nitrogens is 1. The van der Waals surface area contributed by atoms with E-state index in [0.29, 0.717) is 12.3 Å². The predicted octanol–water partition coefficient (Wildman–Crippen LogP) is 1.35. The van der Waals surface area contributed by atoms with Crippen molar-refractivity contribution in [3.05, 3.63) is 53.6 Å². The summed E-state index contributed by atoms with van der Waals surface area (Å²) in [6.45, 7) is 7.98. The molecule has 1 aliphatic heterocycles. The van der Waals surface area contributed by atoms with Crippen LogP contribution in [0.1, 0.15) is 11.1 Å². The van der Waals surface area contributed by atoms with Gasteiger partial charge in [0, 0.05) is 5.69 Å². The molecule has 0 saturated carbocycles. The number of phenolic OH excluding ortho intramolecular Hbond substituents is 1. The van der Waals surface area contributed by atoms with Crippen LogP contribution in [0.3, 0.4) is 0 Å². The first-order valence-corrected chi connectivity index (χ1v) is 8.76. The molecule has 2 aromatic rings. The normalized spacial score (nSPS) is 15.2. The number of aryl methyl sites for hydroxylation is 2. The van der Waals surface area contributed by atoms with Gasteiger partial charge in [-0.15, -0.1) is 0 Å².